The second-order valence-corrected chi connectivity index (χ2v) is 5.77. The van der Waals surface area contributed by atoms with Crippen molar-refractivity contribution in [2.75, 3.05) is 6.61 Å². The number of aliphatic hydroxyl groups excluding tert-OH is 1. The lowest BCUT2D eigenvalue weighted by Crippen LogP contribution is -2.53. The minimum Gasteiger partial charge on any atom is -0.464 e. The van der Waals surface area contributed by atoms with Crippen molar-refractivity contribution in [3.05, 3.63) is 23.7 Å². The standard InChI is InChI=1S/C14H21NO2/c1-10-7-12(10)13-4-3-11(17-13)8-15-14(9-16)5-2-6-14/h3-4,10,12,15-16H,2,5-9H2,1H3. The number of aliphatic hydroxyl groups is 1. The Kier molecular flexibility index (Phi) is 2.75. The van der Waals surface area contributed by atoms with E-state index in [-0.39, 0.29) is 12.1 Å². The minimum absolute atomic E-state index is 0.0280. The molecule has 1 aromatic heterocycles. The molecule has 0 aliphatic heterocycles. The average molecular weight is 235 g/mol. The van der Waals surface area contributed by atoms with Gasteiger partial charge in [0, 0.05) is 11.5 Å². The molecule has 0 saturated heterocycles. The molecule has 94 valence electrons. The van der Waals surface area contributed by atoms with E-state index in [1.165, 1.54) is 12.8 Å². The van der Waals surface area contributed by atoms with E-state index in [9.17, 15) is 5.11 Å². The first-order chi connectivity index (χ1) is 8.22. The number of hydrogen-bond donors (Lipinski definition) is 2. The highest BCUT2D eigenvalue weighted by molar-refractivity contribution is 5.17. The lowest BCUT2D eigenvalue weighted by Gasteiger charge is -2.41. The molecule has 0 aromatic carbocycles. The van der Waals surface area contributed by atoms with E-state index in [1.807, 2.05) is 0 Å². The van der Waals surface area contributed by atoms with Crippen molar-refractivity contribution < 1.29 is 9.52 Å². The van der Waals surface area contributed by atoms with Crippen LogP contribution in [0, 0.1) is 5.92 Å². The number of nitrogens with one attached hydrogen (secondary N) is 1. The van der Waals surface area contributed by atoms with Crippen molar-refractivity contribution in [3.8, 4) is 0 Å². The highest BCUT2D eigenvalue weighted by atomic mass is 16.3. The van der Waals surface area contributed by atoms with Crippen LogP contribution in [0.15, 0.2) is 16.5 Å². The third-order valence-electron chi connectivity index (χ3n) is 4.41. The Bertz CT molecular complexity index is 389. The Labute approximate surface area is 102 Å². The van der Waals surface area contributed by atoms with E-state index in [2.05, 4.69) is 24.4 Å². The maximum absolute atomic E-state index is 9.36. The first-order valence-corrected chi connectivity index (χ1v) is 6.67. The maximum Gasteiger partial charge on any atom is 0.117 e. The molecule has 2 atom stereocenters. The summed E-state index contributed by atoms with van der Waals surface area (Å²) < 4.78 is 5.84. The first-order valence-electron chi connectivity index (χ1n) is 6.67. The molecule has 0 radical (unpaired) electrons. The summed E-state index contributed by atoms with van der Waals surface area (Å²) in [6, 6.07) is 4.18. The first kappa shape index (κ1) is 11.3. The van der Waals surface area contributed by atoms with Crippen molar-refractivity contribution in [3.63, 3.8) is 0 Å². The lowest BCUT2D eigenvalue weighted by molar-refractivity contribution is 0.0851. The van der Waals surface area contributed by atoms with Gasteiger partial charge in [-0.05, 0) is 43.7 Å². The Morgan fingerprint density at radius 2 is 2.24 bits per heavy atom. The van der Waals surface area contributed by atoms with Gasteiger partial charge in [0.15, 0.2) is 0 Å². The van der Waals surface area contributed by atoms with Crippen LogP contribution in [-0.4, -0.2) is 17.3 Å². The van der Waals surface area contributed by atoms with Gasteiger partial charge in [0.05, 0.1) is 13.2 Å². The van der Waals surface area contributed by atoms with Gasteiger partial charge >= 0.3 is 0 Å². The van der Waals surface area contributed by atoms with Crippen molar-refractivity contribution in [2.45, 2.75) is 50.6 Å². The molecular formula is C14H21NO2. The largest absolute Gasteiger partial charge is 0.464 e. The summed E-state index contributed by atoms with van der Waals surface area (Å²) in [4.78, 5) is 0. The molecule has 3 nitrogen and oxygen atoms in total. The van der Waals surface area contributed by atoms with Gasteiger partial charge in [-0.25, -0.2) is 0 Å². The lowest BCUT2D eigenvalue weighted by atomic mass is 9.77. The molecule has 1 aromatic rings. The molecule has 0 amide bonds. The van der Waals surface area contributed by atoms with Gasteiger partial charge in [-0.2, -0.15) is 0 Å². The highest BCUT2D eigenvalue weighted by Crippen LogP contribution is 2.47. The van der Waals surface area contributed by atoms with Crippen LogP contribution in [0.3, 0.4) is 0 Å². The fraction of sp³-hybridized carbons (Fsp3) is 0.714. The van der Waals surface area contributed by atoms with E-state index >= 15 is 0 Å². The molecule has 2 unspecified atom stereocenters. The molecule has 17 heavy (non-hydrogen) atoms. The summed E-state index contributed by atoms with van der Waals surface area (Å²) in [5.41, 5.74) is -0.0280. The predicted octanol–water partition coefficient (Wildman–Crippen LogP) is 2.41. The topological polar surface area (TPSA) is 45.4 Å². The fourth-order valence-corrected chi connectivity index (χ4v) is 2.68. The maximum atomic E-state index is 9.36. The molecule has 3 rings (SSSR count). The third kappa shape index (κ3) is 2.14. The van der Waals surface area contributed by atoms with Crippen LogP contribution in [0.1, 0.15) is 50.0 Å². The SMILES string of the molecule is CC1CC1c1ccc(CNC2(CO)CCC2)o1. The van der Waals surface area contributed by atoms with Gasteiger partial charge in [-0.1, -0.05) is 6.92 Å². The van der Waals surface area contributed by atoms with Crippen molar-refractivity contribution in [1.82, 2.24) is 5.32 Å². The van der Waals surface area contributed by atoms with Crippen molar-refractivity contribution in [2.24, 2.45) is 5.92 Å². The molecule has 1 heterocycles. The number of rotatable bonds is 5. The molecule has 2 saturated carbocycles. The van der Waals surface area contributed by atoms with Crippen molar-refractivity contribution in [1.29, 1.82) is 0 Å². The van der Waals surface area contributed by atoms with Crippen LogP contribution in [0.25, 0.3) is 0 Å². The minimum atomic E-state index is -0.0280. The Morgan fingerprint density at radius 3 is 2.76 bits per heavy atom. The third-order valence-corrected chi connectivity index (χ3v) is 4.41. The number of hydrogen-bond acceptors (Lipinski definition) is 3. The summed E-state index contributed by atoms with van der Waals surface area (Å²) in [6.07, 6.45) is 4.64. The van der Waals surface area contributed by atoms with E-state index in [0.29, 0.717) is 5.92 Å². The Morgan fingerprint density at radius 1 is 1.47 bits per heavy atom. The Balaban J connectivity index is 1.56. The summed E-state index contributed by atoms with van der Waals surface area (Å²) >= 11 is 0. The summed E-state index contributed by atoms with van der Waals surface area (Å²) in [5, 5.41) is 12.8. The van der Waals surface area contributed by atoms with Crippen LogP contribution in [0.2, 0.25) is 0 Å². The normalized spacial score (nSPS) is 30.0. The Hall–Kier alpha value is -0.800. The number of furan rings is 1. The molecular weight excluding hydrogens is 214 g/mol. The summed E-state index contributed by atoms with van der Waals surface area (Å²) in [5.74, 6) is 3.58. The molecule has 0 bridgehead atoms. The monoisotopic (exact) mass is 235 g/mol. The fourth-order valence-electron chi connectivity index (χ4n) is 2.68. The molecule has 3 heteroatoms. The van der Waals surface area contributed by atoms with Crippen LogP contribution in [0.4, 0.5) is 0 Å². The molecule has 2 fully saturated rings. The zero-order valence-corrected chi connectivity index (χ0v) is 10.4. The molecule has 2 aliphatic carbocycles. The molecule has 0 spiro atoms. The smallest absolute Gasteiger partial charge is 0.117 e. The van der Waals surface area contributed by atoms with E-state index in [0.717, 1.165) is 36.8 Å². The van der Waals surface area contributed by atoms with Gasteiger partial charge in [-0.15, -0.1) is 0 Å². The van der Waals surface area contributed by atoms with E-state index < -0.39 is 0 Å². The van der Waals surface area contributed by atoms with Gasteiger partial charge in [0.25, 0.3) is 0 Å². The quantitative estimate of drug-likeness (QED) is 0.823. The average Bonchev–Trinajstić information content (AvgIpc) is 2.83. The van der Waals surface area contributed by atoms with E-state index in [4.69, 9.17) is 4.42 Å². The molecule has 2 N–H and O–H groups in total. The van der Waals surface area contributed by atoms with Crippen LogP contribution in [0.5, 0.6) is 0 Å². The molecule has 2 aliphatic rings. The summed E-state index contributed by atoms with van der Waals surface area (Å²) in [6.45, 7) is 3.24. The van der Waals surface area contributed by atoms with Gasteiger partial charge in [-0.3, -0.25) is 0 Å². The zero-order chi connectivity index (χ0) is 11.9. The van der Waals surface area contributed by atoms with Gasteiger partial charge in [0.2, 0.25) is 0 Å². The van der Waals surface area contributed by atoms with Gasteiger partial charge < -0.3 is 14.8 Å². The van der Waals surface area contributed by atoms with E-state index in [1.54, 1.807) is 0 Å². The second kappa shape index (κ2) is 4.14. The zero-order valence-electron chi connectivity index (χ0n) is 10.4. The summed E-state index contributed by atoms with van der Waals surface area (Å²) in [7, 11) is 0. The van der Waals surface area contributed by atoms with Gasteiger partial charge in [0.1, 0.15) is 11.5 Å². The highest BCUT2D eigenvalue weighted by Gasteiger charge is 2.37. The van der Waals surface area contributed by atoms with Crippen LogP contribution >= 0.6 is 0 Å². The van der Waals surface area contributed by atoms with Crippen LogP contribution < -0.4 is 5.32 Å². The predicted molar refractivity (Wildman–Crippen MR) is 65.7 cm³/mol. The second-order valence-electron chi connectivity index (χ2n) is 5.77. The van der Waals surface area contributed by atoms with Crippen LogP contribution in [-0.2, 0) is 6.54 Å². The van der Waals surface area contributed by atoms with Crippen molar-refractivity contribution >= 4 is 0 Å².